The van der Waals surface area contributed by atoms with Crippen LogP contribution in [0.2, 0.25) is 0 Å². The molecule has 32 heavy (non-hydrogen) atoms. The number of carbonyl (C=O) groups excluding carboxylic acids is 1. The zero-order valence-corrected chi connectivity index (χ0v) is 21.5. The Bertz CT molecular complexity index is 698. The summed E-state index contributed by atoms with van der Waals surface area (Å²) in [5, 5.41) is 11.4. The SMILES string of the molecule is C=C(CCC)OO[C@H]1CC[C@@]2(C)C(C1)C[C@H](O)C1C3C[C@@H](Br)[C@H](OC(=O)CC)[C@H]3CCC12. The zero-order chi connectivity index (χ0) is 23.0. The van der Waals surface area contributed by atoms with Gasteiger partial charge in [-0.05, 0) is 80.5 Å². The number of halogens is 1. The molecule has 0 saturated heterocycles. The van der Waals surface area contributed by atoms with Crippen LogP contribution in [0.1, 0.15) is 85.0 Å². The normalized spacial score (nSPS) is 45.3. The van der Waals surface area contributed by atoms with Crippen molar-refractivity contribution in [1.29, 1.82) is 0 Å². The fourth-order valence-electron chi connectivity index (χ4n) is 7.71. The number of hydrogen-bond acceptors (Lipinski definition) is 5. The van der Waals surface area contributed by atoms with E-state index in [0.29, 0.717) is 41.8 Å². The molecule has 4 aliphatic carbocycles. The Morgan fingerprint density at radius 1 is 1.16 bits per heavy atom. The Morgan fingerprint density at radius 3 is 2.66 bits per heavy atom. The van der Waals surface area contributed by atoms with Crippen molar-refractivity contribution in [3.8, 4) is 0 Å². The van der Waals surface area contributed by atoms with Gasteiger partial charge in [0.2, 0.25) is 0 Å². The minimum atomic E-state index is -0.291. The molecule has 0 aromatic carbocycles. The van der Waals surface area contributed by atoms with E-state index in [-0.39, 0.29) is 34.5 Å². The second-order valence-corrected chi connectivity index (χ2v) is 12.2. The highest BCUT2D eigenvalue weighted by Gasteiger charge is 2.61. The number of esters is 1. The molecule has 0 aromatic rings. The van der Waals surface area contributed by atoms with Crippen molar-refractivity contribution >= 4 is 21.9 Å². The molecule has 0 spiro atoms. The predicted octanol–water partition coefficient (Wildman–Crippen LogP) is 5.94. The van der Waals surface area contributed by atoms with Gasteiger partial charge in [-0.3, -0.25) is 4.79 Å². The Hall–Kier alpha value is -0.590. The average Bonchev–Trinajstić information content (AvgIpc) is 3.08. The molecule has 4 unspecified atom stereocenters. The standard InChI is InChI=1S/C26H41BrO5/c1-5-7-15(3)31-32-17-10-11-26(4)16(12-17)13-22(28)24-19-14-21(27)25(30-23(29)6-2)18(19)8-9-20(24)26/h16-22,24-25,28H,3,5-14H2,1-2,4H3/t16?,17-,18-,19?,20?,21+,22-,24?,25+,26-/m0/s1. The summed E-state index contributed by atoms with van der Waals surface area (Å²) in [6, 6.07) is 0. The summed E-state index contributed by atoms with van der Waals surface area (Å²) in [4.78, 5) is 23.5. The average molecular weight is 514 g/mol. The maximum Gasteiger partial charge on any atom is 0.305 e. The van der Waals surface area contributed by atoms with Gasteiger partial charge in [-0.25, -0.2) is 0 Å². The molecule has 4 rings (SSSR count). The molecule has 6 heteroatoms. The lowest BCUT2D eigenvalue weighted by molar-refractivity contribution is -0.312. The minimum Gasteiger partial charge on any atom is -0.461 e. The fraction of sp³-hybridized carbons (Fsp3) is 0.885. The minimum absolute atomic E-state index is 0.0522. The molecule has 0 aromatic heterocycles. The third-order valence-electron chi connectivity index (χ3n) is 9.29. The molecule has 0 radical (unpaired) electrons. The van der Waals surface area contributed by atoms with Crippen LogP contribution >= 0.6 is 15.9 Å². The Kier molecular flexibility index (Phi) is 7.63. The summed E-state index contributed by atoms with van der Waals surface area (Å²) in [7, 11) is 0. The highest BCUT2D eigenvalue weighted by molar-refractivity contribution is 9.09. The summed E-state index contributed by atoms with van der Waals surface area (Å²) in [5.41, 5.74) is 0.231. The molecular weight excluding hydrogens is 472 g/mol. The van der Waals surface area contributed by atoms with Crippen molar-refractivity contribution < 1.29 is 24.4 Å². The summed E-state index contributed by atoms with van der Waals surface area (Å²) < 4.78 is 5.86. The smallest absolute Gasteiger partial charge is 0.305 e. The van der Waals surface area contributed by atoms with Gasteiger partial charge in [0.25, 0.3) is 0 Å². The molecule has 182 valence electrons. The van der Waals surface area contributed by atoms with E-state index in [1.54, 1.807) is 0 Å². The number of rotatable bonds is 7. The second-order valence-electron chi connectivity index (χ2n) is 11.0. The van der Waals surface area contributed by atoms with Gasteiger partial charge in [-0.2, -0.15) is 4.89 Å². The lowest BCUT2D eigenvalue weighted by atomic mass is 9.46. The molecule has 0 amide bonds. The van der Waals surface area contributed by atoms with E-state index in [9.17, 15) is 9.90 Å². The van der Waals surface area contributed by atoms with E-state index in [1.807, 2.05) is 6.92 Å². The third-order valence-corrected chi connectivity index (χ3v) is 10.2. The highest BCUT2D eigenvalue weighted by atomic mass is 79.9. The first-order valence-corrected chi connectivity index (χ1v) is 13.7. The van der Waals surface area contributed by atoms with Gasteiger partial charge in [0.1, 0.15) is 18.0 Å². The maximum atomic E-state index is 12.0. The Balaban J connectivity index is 1.44. The molecule has 5 nitrogen and oxygen atoms in total. The monoisotopic (exact) mass is 512 g/mol. The molecule has 0 bridgehead atoms. The van der Waals surface area contributed by atoms with Crippen LogP contribution in [-0.4, -0.2) is 34.2 Å². The third kappa shape index (κ3) is 4.53. The van der Waals surface area contributed by atoms with Crippen molar-refractivity contribution in [2.75, 3.05) is 0 Å². The summed E-state index contributed by atoms with van der Waals surface area (Å²) >= 11 is 3.82. The van der Waals surface area contributed by atoms with E-state index in [1.165, 1.54) is 0 Å². The summed E-state index contributed by atoms with van der Waals surface area (Å²) in [6.07, 6.45) is 9.07. The van der Waals surface area contributed by atoms with E-state index in [0.717, 1.165) is 57.8 Å². The molecule has 0 heterocycles. The Labute approximate surface area is 201 Å². The molecule has 4 fully saturated rings. The van der Waals surface area contributed by atoms with Crippen LogP contribution in [0.3, 0.4) is 0 Å². The first-order chi connectivity index (χ1) is 15.3. The molecule has 10 atom stereocenters. The van der Waals surface area contributed by atoms with Crippen LogP contribution < -0.4 is 0 Å². The van der Waals surface area contributed by atoms with Gasteiger partial charge < -0.3 is 14.7 Å². The van der Waals surface area contributed by atoms with Gasteiger partial charge >= 0.3 is 5.97 Å². The predicted molar refractivity (Wildman–Crippen MR) is 127 cm³/mol. The molecule has 4 aliphatic rings. The van der Waals surface area contributed by atoms with Crippen LogP contribution in [0.5, 0.6) is 0 Å². The quantitative estimate of drug-likeness (QED) is 0.150. The number of ether oxygens (including phenoxy) is 1. The van der Waals surface area contributed by atoms with Gasteiger partial charge in [0.15, 0.2) is 0 Å². The molecule has 0 aliphatic heterocycles. The number of aliphatic hydroxyl groups is 1. The number of allylic oxidation sites excluding steroid dienone is 1. The second kappa shape index (κ2) is 9.95. The van der Waals surface area contributed by atoms with E-state index in [2.05, 4.69) is 36.4 Å². The number of fused-ring (bicyclic) bond motifs is 5. The van der Waals surface area contributed by atoms with Crippen LogP contribution in [0, 0.1) is 35.0 Å². The lowest BCUT2D eigenvalue weighted by Gasteiger charge is -2.60. The molecule has 4 saturated carbocycles. The Morgan fingerprint density at radius 2 is 1.94 bits per heavy atom. The van der Waals surface area contributed by atoms with Crippen LogP contribution in [-0.2, 0) is 19.3 Å². The molecular formula is C26H41BrO5. The first kappa shape index (κ1) is 24.5. The van der Waals surface area contributed by atoms with Crippen LogP contribution in [0.25, 0.3) is 0 Å². The maximum absolute atomic E-state index is 12.0. The fourth-order valence-corrected chi connectivity index (χ4v) is 8.64. The van der Waals surface area contributed by atoms with Crippen molar-refractivity contribution in [2.24, 2.45) is 35.0 Å². The number of aliphatic hydroxyl groups excluding tert-OH is 1. The number of carbonyl (C=O) groups is 1. The van der Waals surface area contributed by atoms with Crippen molar-refractivity contribution in [1.82, 2.24) is 0 Å². The number of alkyl halides is 1. The summed E-state index contributed by atoms with van der Waals surface area (Å²) in [5.74, 6) is 2.66. The van der Waals surface area contributed by atoms with Gasteiger partial charge in [-0.1, -0.05) is 43.3 Å². The number of hydrogen-bond donors (Lipinski definition) is 1. The largest absolute Gasteiger partial charge is 0.461 e. The van der Waals surface area contributed by atoms with Crippen molar-refractivity contribution in [3.05, 3.63) is 12.3 Å². The van der Waals surface area contributed by atoms with E-state index in [4.69, 9.17) is 14.5 Å². The zero-order valence-electron chi connectivity index (χ0n) is 19.9. The van der Waals surface area contributed by atoms with Crippen LogP contribution in [0.15, 0.2) is 12.3 Å². The first-order valence-electron chi connectivity index (χ1n) is 12.8. The summed E-state index contributed by atoms with van der Waals surface area (Å²) in [6.45, 7) is 10.4. The van der Waals surface area contributed by atoms with Gasteiger partial charge in [-0.15, -0.1) is 0 Å². The van der Waals surface area contributed by atoms with Gasteiger partial charge in [0, 0.05) is 18.8 Å². The van der Waals surface area contributed by atoms with Crippen molar-refractivity contribution in [3.63, 3.8) is 0 Å². The van der Waals surface area contributed by atoms with Crippen LogP contribution in [0.4, 0.5) is 0 Å². The highest BCUT2D eigenvalue weighted by Crippen LogP contribution is 2.64. The van der Waals surface area contributed by atoms with E-state index < -0.39 is 0 Å². The molecule has 1 N–H and O–H groups in total. The topological polar surface area (TPSA) is 65.0 Å². The van der Waals surface area contributed by atoms with E-state index >= 15 is 0 Å². The lowest BCUT2D eigenvalue weighted by Crippen LogP contribution is -2.57. The van der Waals surface area contributed by atoms with Gasteiger partial charge in [0.05, 0.1) is 10.9 Å². The van der Waals surface area contributed by atoms with Crippen molar-refractivity contribution in [2.45, 2.75) is 108 Å².